The average molecular weight is 991 g/mol. The average Bonchev–Trinajstić information content (AvgIpc) is 3.74. The number of amides is 2. The zero-order valence-corrected chi connectivity index (χ0v) is 38.0. The number of rotatable bonds is 11. The van der Waals surface area contributed by atoms with Crippen molar-refractivity contribution in [1.29, 1.82) is 0 Å². The van der Waals surface area contributed by atoms with Crippen LogP contribution in [-0.2, 0) is 19.7 Å². The molecule has 0 bridgehead atoms. The third-order valence-corrected chi connectivity index (χ3v) is 13.8. The molecule has 0 spiro atoms. The van der Waals surface area contributed by atoms with Gasteiger partial charge in [-0.25, -0.2) is 16.8 Å². The van der Waals surface area contributed by atoms with E-state index < -0.39 is 31.5 Å². The van der Waals surface area contributed by atoms with Crippen molar-refractivity contribution in [2.45, 2.75) is 55.7 Å². The van der Waals surface area contributed by atoms with Crippen molar-refractivity contribution in [2.75, 3.05) is 61.9 Å². The molecule has 0 aromatic heterocycles. The highest BCUT2D eigenvalue weighted by Gasteiger charge is 2.24. The maximum atomic E-state index is 12.9. The number of hydrogen-bond acceptors (Lipinski definition) is 10. The lowest BCUT2D eigenvalue weighted by molar-refractivity contribution is 0.101. The first-order valence-electron chi connectivity index (χ1n) is 19.9. The fraction of sp³-hybridized carbons (Fsp3) is 0.333. The summed E-state index contributed by atoms with van der Waals surface area (Å²) in [6, 6.07) is 19.2. The first-order valence-corrected chi connectivity index (χ1v) is 24.9. The second-order valence-electron chi connectivity index (χ2n) is 14.5. The quantitative estimate of drug-likeness (QED) is 0.124. The van der Waals surface area contributed by atoms with Gasteiger partial charge < -0.3 is 25.4 Å². The van der Waals surface area contributed by atoms with Gasteiger partial charge >= 0.3 is 0 Å². The van der Waals surface area contributed by atoms with Gasteiger partial charge in [0.05, 0.1) is 27.5 Å². The van der Waals surface area contributed by atoms with Crippen LogP contribution in [0.5, 0.6) is 11.5 Å². The lowest BCUT2D eigenvalue weighted by atomic mass is 10.1. The summed E-state index contributed by atoms with van der Waals surface area (Å²) in [4.78, 5) is 28.2. The highest BCUT2D eigenvalue weighted by Crippen LogP contribution is 2.32. The van der Waals surface area contributed by atoms with Crippen LogP contribution < -0.4 is 25.4 Å². The molecule has 2 saturated heterocycles. The van der Waals surface area contributed by atoms with E-state index in [-0.39, 0.29) is 22.8 Å². The summed E-state index contributed by atoms with van der Waals surface area (Å²) in [5, 5.41) is 12.5. The Kier molecular flexibility index (Phi) is 18.0. The lowest BCUT2D eigenvalue weighted by Gasteiger charge is -2.26. The maximum absolute atomic E-state index is 12.9. The number of benzene rings is 4. The Balaban J connectivity index is 0.000000205. The third-order valence-electron chi connectivity index (χ3n) is 10.0. The van der Waals surface area contributed by atoms with Gasteiger partial charge in [0.2, 0.25) is 19.7 Å². The van der Waals surface area contributed by atoms with Gasteiger partial charge in [0.1, 0.15) is 18.1 Å². The summed E-state index contributed by atoms with van der Waals surface area (Å²) >= 11 is 15.3. The van der Waals surface area contributed by atoms with E-state index >= 15 is 0 Å². The number of hydrogen-bond donors (Lipinski definition) is 3. The highest BCUT2D eigenvalue weighted by atomic mass is 79.9. The third kappa shape index (κ3) is 13.4. The number of halogens is 3. The number of sulfone groups is 2. The predicted molar refractivity (Wildman–Crippen MR) is 253 cm³/mol. The minimum absolute atomic E-state index is 0. The molecule has 4 aromatic rings. The molecule has 0 unspecified atom stereocenters. The number of alkyl halides is 1. The number of ether oxygens (including phenoxy) is 2. The number of piperidine rings is 2. The molecule has 332 valence electrons. The minimum atomic E-state index is -3.45. The van der Waals surface area contributed by atoms with E-state index in [0.29, 0.717) is 68.2 Å². The van der Waals surface area contributed by atoms with Gasteiger partial charge in [-0.2, -0.15) is 0 Å². The van der Waals surface area contributed by atoms with Crippen LogP contribution in [0.2, 0.25) is 10.0 Å². The topological polar surface area (TPSA) is 160 Å². The monoisotopic (exact) mass is 988 g/mol. The van der Waals surface area contributed by atoms with Crippen molar-refractivity contribution >= 4 is 94.1 Å². The van der Waals surface area contributed by atoms with E-state index in [1.54, 1.807) is 60.7 Å². The molecule has 8 rings (SSSR count). The summed E-state index contributed by atoms with van der Waals surface area (Å²) in [5.41, 5.74) is 2.56. The van der Waals surface area contributed by atoms with Gasteiger partial charge in [0, 0.05) is 44.1 Å². The molecule has 0 saturated carbocycles. The van der Waals surface area contributed by atoms with Crippen molar-refractivity contribution in [3.63, 3.8) is 0 Å². The van der Waals surface area contributed by atoms with E-state index in [0.717, 1.165) is 30.5 Å². The van der Waals surface area contributed by atoms with Crippen molar-refractivity contribution < 1.29 is 35.9 Å². The largest absolute Gasteiger partial charge is 0.492 e. The second-order valence-corrected chi connectivity index (χ2v) is 19.8. The Morgan fingerprint density at radius 1 is 0.645 bits per heavy atom. The van der Waals surface area contributed by atoms with Crippen molar-refractivity contribution in [1.82, 2.24) is 10.2 Å². The van der Waals surface area contributed by atoms with Crippen LogP contribution in [0.1, 0.15) is 77.8 Å². The molecular formula is C45H51BrCl2N4O8S2. The SMILES string of the molecule is C.C1CCNCC1.O=C(Nc1ccc2c(c1)S(=O)(=O)C=C2)c1cc(Cl)ccc1OCCBr.O=C(Nc1ccc2c(c1)S(=O)(=O)C=C2)c1cc(Cl)ccc1OCCN1CCCCC1. The normalized spacial score (nSPS) is 16.5. The number of carbonyl (C=O) groups excluding carboxylic acids is 2. The molecule has 0 aliphatic carbocycles. The Hall–Kier alpha value is -4.22. The fourth-order valence-electron chi connectivity index (χ4n) is 6.89. The molecule has 3 N–H and O–H groups in total. The Bertz CT molecular complexity index is 2500. The van der Waals surface area contributed by atoms with Gasteiger partial charge in [-0.3, -0.25) is 14.5 Å². The van der Waals surface area contributed by atoms with Crippen LogP contribution >= 0.6 is 39.1 Å². The van der Waals surface area contributed by atoms with E-state index in [9.17, 15) is 26.4 Å². The van der Waals surface area contributed by atoms with E-state index in [1.165, 1.54) is 75.9 Å². The first kappa shape index (κ1) is 48.8. The molecule has 12 nitrogen and oxygen atoms in total. The zero-order chi connectivity index (χ0) is 43.4. The highest BCUT2D eigenvalue weighted by molar-refractivity contribution is 9.09. The van der Waals surface area contributed by atoms with Crippen LogP contribution in [0.3, 0.4) is 0 Å². The van der Waals surface area contributed by atoms with Gasteiger partial charge in [-0.1, -0.05) is 71.5 Å². The Morgan fingerprint density at radius 2 is 1.11 bits per heavy atom. The van der Waals surface area contributed by atoms with Gasteiger partial charge in [0.25, 0.3) is 11.8 Å². The molecular weight excluding hydrogens is 939 g/mol. The summed E-state index contributed by atoms with van der Waals surface area (Å²) in [5.74, 6) is 0.00492. The van der Waals surface area contributed by atoms with Gasteiger partial charge in [0.15, 0.2) is 0 Å². The molecule has 2 fully saturated rings. The maximum Gasteiger partial charge on any atom is 0.259 e. The molecule has 62 heavy (non-hydrogen) atoms. The van der Waals surface area contributed by atoms with Crippen molar-refractivity contribution in [3.8, 4) is 11.5 Å². The number of carbonyl (C=O) groups is 2. The van der Waals surface area contributed by atoms with Crippen LogP contribution in [-0.4, -0.2) is 84.8 Å². The summed E-state index contributed by atoms with van der Waals surface area (Å²) in [6.07, 6.45) is 11.0. The van der Waals surface area contributed by atoms with Crippen molar-refractivity contribution in [2.24, 2.45) is 0 Å². The number of nitrogens with zero attached hydrogens (tertiary/aromatic N) is 1. The summed E-state index contributed by atoms with van der Waals surface area (Å²) < 4.78 is 59.4. The number of nitrogens with one attached hydrogen (secondary N) is 3. The number of fused-ring (bicyclic) bond motifs is 2. The van der Waals surface area contributed by atoms with Gasteiger partial charge in [-0.15, -0.1) is 0 Å². The van der Waals surface area contributed by atoms with E-state index in [2.05, 4.69) is 36.8 Å². The summed E-state index contributed by atoms with van der Waals surface area (Å²) in [6.45, 7) is 6.33. The molecule has 2 amide bonds. The molecule has 4 aromatic carbocycles. The molecule has 0 radical (unpaired) electrons. The molecule has 4 aliphatic heterocycles. The van der Waals surface area contributed by atoms with Crippen molar-refractivity contribution in [3.05, 3.63) is 116 Å². The van der Waals surface area contributed by atoms with E-state index in [1.807, 2.05) is 0 Å². The predicted octanol–water partition coefficient (Wildman–Crippen LogP) is 9.73. The standard InChI is InChI=1S/C22H23ClN2O4S.C17H13BrClNO4S.C5H11N.CH4/c23-17-5-7-20(29-12-11-25-9-2-1-3-10-25)19(14-17)22(26)24-18-6-4-16-8-13-30(27,28)21(16)15-18;18-6-7-24-15-4-2-12(19)9-14(15)17(21)20-13-3-1-11-5-8-25(22,23)16(11)10-13;1-2-4-6-5-3-1;/h4-8,13-15H,1-3,9-12H2,(H,24,26);1-5,8-10H,6-7H2,(H,20,21);6H,1-5H2;1H4. The lowest BCUT2D eigenvalue weighted by Crippen LogP contribution is -2.33. The number of likely N-dealkylation sites (tertiary alicyclic amines) is 1. The van der Waals surface area contributed by atoms with Crippen LogP contribution in [0.15, 0.2) is 93.4 Å². The van der Waals surface area contributed by atoms with E-state index in [4.69, 9.17) is 32.7 Å². The van der Waals surface area contributed by atoms with Gasteiger partial charge in [-0.05, 0) is 136 Å². The smallest absolute Gasteiger partial charge is 0.259 e. The first-order chi connectivity index (χ1) is 29.3. The Labute approximate surface area is 383 Å². The minimum Gasteiger partial charge on any atom is -0.492 e. The van der Waals surface area contributed by atoms with Crippen LogP contribution in [0.25, 0.3) is 12.2 Å². The molecule has 4 aliphatic rings. The molecule has 17 heteroatoms. The molecule has 4 heterocycles. The second kappa shape index (κ2) is 22.9. The summed E-state index contributed by atoms with van der Waals surface area (Å²) in [7, 11) is -6.89. The zero-order valence-electron chi connectivity index (χ0n) is 33.3. The fourth-order valence-corrected chi connectivity index (χ4v) is 9.85. The van der Waals surface area contributed by atoms with Crippen LogP contribution in [0.4, 0.5) is 11.4 Å². The number of anilines is 2. The molecule has 0 atom stereocenters. The Morgan fingerprint density at radius 3 is 1.55 bits per heavy atom. The van der Waals surface area contributed by atoms with Crippen LogP contribution in [0, 0.1) is 0 Å².